The largest absolute Gasteiger partial charge is 0.573 e. The summed E-state index contributed by atoms with van der Waals surface area (Å²) >= 11 is 7.10. The summed E-state index contributed by atoms with van der Waals surface area (Å²) in [6, 6.07) is 3.63. The van der Waals surface area contributed by atoms with E-state index in [0.717, 1.165) is 6.07 Å². The van der Waals surface area contributed by atoms with Crippen molar-refractivity contribution < 1.29 is 22.7 Å². The molecule has 1 aromatic carbocycles. The van der Waals surface area contributed by atoms with Gasteiger partial charge in [0.15, 0.2) is 5.78 Å². The van der Waals surface area contributed by atoms with E-state index in [0.29, 0.717) is 3.57 Å². The molecule has 0 aliphatic heterocycles. The Hall–Kier alpha value is -0.500. The van der Waals surface area contributed by atoms with Crippen molar-refractivity contribution in [2.45, 2.75) is 6.36 Å². The Bertz CT molecular complexity index is 406. The van der Waals surface area contributed by atoms with Crippen molar-refractivity contribution in [2.24, 2.45) is 0 Å². The molecule has 0 unspecified atom stereocenters. The highest BCUT2D eigenvalue weighted by molar-refractivity contribution is 14.1. The number of alkyl halides is 4. The zero-order chi connectivity index (χ0) is 12.3. The Kier molecular flexibility index (Phi) is 4.43. The van der Waals surface area contributed by atoms with E-state index in [9.17, 15) is 18.0 Å². The number of carbonyl (C=O) groups excluding carboxylic acids is 1. The minimum atomic E-state index is -4.77. The van der Waals surface area contributed by atoms with Crippen LogP contribution >= 0.6 is 34.2 Å². The first-order valence-corrected chi connectivity index (χ1v) is 5.58. The number of ether oxygens (including phenoxy) is 1. The highest BCUT2D eigenvalue weighted by atomic mass is 127. The van der Waals surface area contributed by atoms with Crippen LogP contribution in [-0.2, 0) is 0 Å². The molecule has 2 nitrogen and oxygen atoms in total. The van der Waals surface area contributed by atoms with Gasteiger partial charge in [-0.05, 0) is 40.8 Å². The van der Waals surface area contributed by atoms with Crippen LogP contribution in [-0.4, -0.2) is 18.0 Å². The van der Waals surface area contributed by atoms with Crippen LogP contribution in [0.5, 0.6) is 5.75 Å². The van der Waals surface area contributed by atoms with Crippen molar-refractivity contribution in [2.75, 3.05) is 5.88 Å². The van der Waals surface area contributed by atoms with Crippen LogP contribution in [0.4, 0.5) is 13.2 Å². The summed E-state index contributed by atoms with van der Waals surface area (Å²) in [5.41, 5.74) is 0.0983. The highest BCUT2D eigenvalue weighted by Crippen LogP contribution is 2.26. The monoisotopic (exact) mass is 364 g/mol. The molecule has 1 aromatic rings. The van der Waals surface area contributed by atoms with E-state index in [-0.39, 0.29) is 11.4 Å². The Labute approximate surface area is 108 Å². The minimum absolute atomic E-state index is 0.0983. The molecule has 0 saturated heterocycles. The third kappa shape index (κ3) is 4.17. The lowest BCUT2D eigenvalue weighted by Gasteiger charge is -2.10. The molecule has 0 bridgehead atoms. The van der Waals surface area contributed by atoms with Crippen molar-refractivity contribution in [1.29, 1.82) is 0 Å². The summed E-state index contributed by atoms with van der Waals surface area (Å²) in [5, 5.41) is 0. The summed E-state index contributed by atoms with van der Waals surface area (Å²) in [5.74, 6) is -1.16. The fourth-order valence-corrected chi connectivity index (χ4v) is 1.79. The van der Waals surface area contributed by atoms with Gasteiger partial charge >= 0.3 is 6.36 Å². The molecule has 7 heteroatoms. The molecule has 0 radical (unpaired) electrons. The fourth-order valence-electron chi connectivity index (χ4n) is 0.993. The van der Waals surface area contributed by atoms with E-state index in [2.05, 4.69) is 4.74 Å². The second-order valence-electron chi connectivity index (χ2n) is 2.78. The van der Waals surface area contributed by atoms with Crippen LogP contribution in [0.3, 0.4) is 0 Å². The third-order valence-corrected chi connectivity index (χ3v) is 2.41. The molecule has 0 aliphatic rings. The van der Waals surface area contributed by atoms with Crippen LogP contribution in [0.2, 0.25) is 0 Å². The summed E-state index contributed by atoms with van der Waals surface area (Å²) in [6.07, 6.45) is -4.77. The summed E-state index contributed by atoms with van der Waals surface area (Å²) in [4.78, 5) is 11.2. The molecule has 0 N–H and O–H groups in total. The molecule has 0 saturated carbocycles. The van der Waals surface area contributed by atoms with E-state index >= 15 is 0 Å². The number of Topliss-reactive ketones (excluding diaryl/α,β-unsaturated/α-hetero) is 1. The van der Waals surface area contributed by atoms with Crippen LogP contribution in [0.1, 0.15) is 10.4 Å². The van der Waals surface area contributed by atoms with Crippen molar-refractivity contribution in [3.8, 4) is 5.75 Å². The van der Waals surface area contributed by atoms with E-state index in [1.165, 1.54) is 12.1 Å². The lowest BCUT2D eigenvalue weighted by Crippen LogP contribution is -2.17. The highest BCUT2D eigenvalue weighted by Gasteiger charge is 2.31. The van der Waals surface area contributed by atoms with Gasteiger partial charge in [-0.1, -0.05) is 0 Å². The number of hydrogen-bond acceptors (Lipinski definition) is 2. The topological polar surface area (TPSA) is 26.3 Å². The van der Waals surface area contributed by atoms with Gasteiger partial charge in [0.25, 0.3) is 0 Å². The second-order valence-corrected chi connectivity index (χ2v) is 4.29. The molecular formula is C9H5ClF3IO2. The molecule has 1 rings (SSSR count). The lowest BCUT2D eigenvalue weighted by molar-refractivity contribution is -0.274. The van der Waals surface area contributed by atoms with Crippen LogP contribution in [0.15, 0.2) is 18.2 Å². The van der Waals surface area contributed by atoms with Crippen molar-refractivity contribution in [1.82, 2.24) is 0 Å². The number of benzene rings is 1. The smallest absolute Gasteiger partial charge is 0.406 e. The van der Waals surface area contributed by atoms with Gasteiger partial charge in [-0.15, -0.1) is 24.8 Å². The van der Waals surface area contributed by atoms with Gasteiger partial charge in [0.2, 0.25) is 0 Å². The maximum absolute atomic E-state index is 12.0. The molecule has 0 heterocycles. The molecule has 0 amide bonds. The van der Waals surface area contributed by atoms with Crippen molar-refractivity contribution >= 4 is 40.0 Å². The third-order valence-electron chi connectivity index (χ3n) is 1.55. The Morgan fingerprint density at radius 1 is 1.38 bits per heavy atom. The molecule has 0 aliphatic carbocycles. The first kappa shape index (κ1) is 13.6. The molecule has 0 aromatic heterocycles. The number of halogens is 5. The number of ketones is 1. The van der Waals surface area contributed by atoms with E-state index in [1.807, 2.05) is 0 Å². The van der Waals surface area contributed by atoms with Crippen molar-refractivity contribution in [3.63, 3.8) is 0 Å². The van der Waals surface area contributed by atoms with Crippen LogP contribution < -0.4 is 4.74 Å². The quantitative estimate of drug-likeness (QED) is 0.465. The average Bonchev–Trinajstić information content (AvgIpc) is 2.12. The van der Waals surface area contributed by atoms with Crippen LogP contribution in [0, 0.1) is 3.57 Å². The average molecular weight is 364 g/mol. The number of carbonyl (C=O) groups is 1. The van der Waals surface area contributed by atoms with Crippen LogP contribution in [0.25, 0.3) is 0 Å². The molecule has 88 valence electrons. The summed E-state index contributed by atoms with van der Waals surface area (Å²) in [6.45, 7) is 0. The van der Waals surface area contributed by atoms with Crippen molar-refractivity contribution in [3.05, 3.63) is 27.3 Å². The van der Waals surface area contributed by atoms with Gasteiger partial charge < -0.3 is 4.74 Å². The van der Waals surface area contributed by atoms with Gasteiger partial charge in [0.05, 0.1) is 5.88 Å². The Morgan fingerprint density at radius 2 is 2.00 bits per heavy atom. The maximum atomic E-state index is 12.0. The Balaban J connectivity index is 3.03. The summed E-state index contributed by atoms with van der Waals surface area (Å²) < 4.78 is 40.0. The SMILES string of the molecule is O=C(CCl)c1cc(I)cc(OC(F)(F)F)c1. The molecule has 16 heavy (non-hydrogen) atoms. The minimum Gasteiger partial charge on any atom is -0.406 e. The second kappa shape index (κ2) is 5.22. The van der Waals surface area contributed by atoms with E-state index in [4.69, 9.17) is 11.6 Å². The van der Waals surface area contributed by atoms with Gasteiger partial charge in [-0.2, -0.15) is 0 Å². The molecule has 0 fully saturated rings. The van der Waals surface area contributed by atoms with Gasteiger partial charge in [0, 0.05) is 9.13 Å². The normalized spacial score (nSPS) is 11.3. The van der Waals surface area contributed by atoms with E-state index < -0.39 is 17.9 Å². The molecule has 0 atom stereocenters. The predicted molar refractivity (Wildman–Crippen MR) is 60.9 cm³/mol. The van der Waals surface area contributed by atoms with Gasteiger partial charge in [-0.3, -0.25) is 4.79 Å². The molecular weight excluding hydrogens is 359 g/mol. The number of hydrogen-bond donors (Lipinski definition) is 0. The predicted octanol–water partition coefficient (Wildman–Crippen LogP) is 3.61. The zero-order valence-corrected chi connectivity index (χ0v) is 10.6. The summed E-state index contributed by atoms with van der Waals surface area (Å²) in [7, 11) is 0. The number of rotatable bonds is 3. The van der Waals surface area contributed by atoms with Gasteiger partial charge in [0.1, 0.15) is 5.75 Å². The zero-order valence-electron chi connectivity index (χ0n) is 7.65. The molecule has 0 spiro atoms. The van der Waals surface area contributed by atoms with E-state index in [1.54, 1.807) is 22.6 Å². The maximum Gasteiger partial charge on any atom is 0.573 e. The first-order chi connectivity index (χ1) is 7.31. The Morgan fingerprint density at radius 3 is 2.50 bits per heavy atom. The first-order valence-electron chi connectivity index (χ1n) is 3.97. The lowest BCUT2D eigenvalue weighted by atomic mass is 10.1. The van der Waals surface area contributed by atoms with Gasteiger partial charge in [-0.25, -0.2) is 0 Å². The standard InChI is InChI=1S/C9H5ClF3IO2/c10-4-8(15)5-1-6(14)3-7(2-5)16-9(11,12)13/h1-3H,4H2. The fraction of sp³-hybridized carbons (Fsp3) is 0.222.